The molecule has 21 heavy (non-hydrogen) atoms. The average molecular weight is 289 g/mol. The molecule has 0 aliphatic heterocycles. The van der Waals surface area contributed by atoms with Crippen LogP contribution in [0.5, 0.6) is 0 Å². The highest BCUT2D eigenvalue weighted by atomic mass is 16.1. The van der Waals surface area contributed by atoms with Crippen LogP contribution < -0.4 is 10.6 Å². The number of pyridine rings is 1. The highest BCUT2D eigenvalue weighted by Crippen LogP contribution is 2.16. The highest BCUT2D eigenvalue weighted by molar-refractivity contribution is 5.78. The number of aromatic nitrogens is 3. The Hall–Kier alpha value is -1.95. The normalized spacial score (nSPS) is 11.3. The zero-order chi connectivity index (χ0) is 15.4. The van der Waals surface area contributed by atoms with Crippen LogP contribution in [0.4, 0.5) is 0 Å². The zero-order valence-corrected chi connectivity index (χ0v) is 13.1. The first-order valence-electron chi connectivity index (χ1n) is 7.25. The molecule has 114 valence electrons. The van der Waals surface area contributed by atoms with Crippen LogP contribution in [0.25, 0.3) is 11.0 Å². The van der Waals surface area contributed by atoms with Crippen molar-refractivity contribution >= 4 is 16.9 Å². The summed E-state index contributed by atoms with van der Waals surface area (Å²) in [6, 6.07) is 2.30. The van der Waals surface area contributed by atoms with Crippen molar-refractivity contribution in [3.8, 4) is 0 Å². The van der Waals surface area contributed by atoms with Gasteiger partial charge in [0.1, 0.15) is 0 Å². The number of hydrogen-bond donors (Lipinski definition) is 2. The van der Waals surface area contributed by atoms with E-state index in [0.717, 1.165) is 22.3 Å². The van der Waals surface area contributed by atoms with Crippen molar-refractivity contribution in [2.75, 3.05) is 6.54 Å². The lowest BCUT2D eigenvalue weighted by atomic mass is 10.2. The number of aryl methyl sites for hydroxylation is 2. The lowest BCUT2D eigenvalue weighted by Gasteiger charge is -2.09. The molecular formula is C15H23N5O. The van der Waals surface area contributed by atoms with Crippen molar-refractivity contribution in [1.29, 1.82) is 0 Å². The Kier molecular flexibility index (Phi) is 4.90. The van der Waals surface area contributed by atoms with Crippen LogP contribution in [-0.4, -0.2) is 33.3 Å². The number of rotatable bonds is 6. The number of nitrogens with zero attached hydrogens (tertiary/aromatic N) is 3. The Morgan fingerprint density at radius 1 is 1.43 bits per heavy atom. The van der Waals surface area contributed by atoms with Gasteiger partial charge in [-0.1, -0.05) is 0 Å². The first-order chi connectivity index (χ1) is 9.97. The molecule has 0 aliphatic carbocycles. The van der Waals surface area contributed by atoms with Crippen LogP contribution in [0.1, 0.15) is 31.5 Å². The van der Waals surface area contributed by atoms with E-state index in [0.29, 0.717) is 19.5 Å². The van der Waals surface area contributed by atoms with Crippen LogP contribution >= 0.6 is 0 Å². The van der Waals surface area contributed by atoms with Gasteiger partial charge in [-0.2, -0.15) is 5.10 Å². The summed E-state index contributed by atoms with van der Waals surface area (Å²) in [7, 11) is 1.90. The maximum Gasteiger partial charge on any atom is 0.221 e. The van der Waals surface area contributed by atoms with Crippen molar-refractivity contribution in [3.63, 3.8) is 0 Å². The molecule has 0 saturated carbocycles. The van der Waals surface area contributed by atoms with E-state index >= 15 is 0 Å². The summed E-state index contributed by atoms with van der Waals surface area (Å²) in [4.78, 5) is 15.9. The van der Waals surface area contributed by atoms with E-state index in [1.165, 1.54) is 0 Å². The summed E-state index contributed by atoms with van der Waals surface area (Å²) in [6.07, 6.45) is 2.34. The fraction of sp³-hybridized carbons (Fsp3) is 0.533. The van der Waals surface area contributed by atoms with Crippen molar-refractivity contribution in [3.05, 3.63) is 23.5 Å². The topological polar surface area (TPSA) is 71.8 Å². The predicted molar refractivity (Wildman–Crippen MR) is 82.8 cm³/mol. The summed E-state index contributed by atoms with van der Waals surface area (Å²) in [6.45, 7) is 7.26. The van der Waals surface area contributed by atoms with Gasteiger partial charge >= 0.3 is 0 Å². The first kappa shape index (κ1) is 15.4. The van der Waals surface area contributed by atoms with E-state index < -0.39 is 0 Å². The second kappa shape index (κ2) is 6.67. The van der Waals surface area contributed by atoms with Gasteiger partial charge in [-0.25, -0.2) is 4.98 Å². The number of fused-ring (bicyclic) bond motifs is 1. The quantitative estimate of drug-likeness (QED) is 0.786. The number of carbonyl (C=O) groups excluding carboxylic acids is 1. The Labute approximate surface area is 124 Å². The Morgan fingerprint density at radius 3 is 2.90 bits per heavy atom. The largest absolute Gasteiger partial charge is 0.354 e. The molecule has 2 aromatic heterocycles. The maximum atomic E-state index is 11.5. The fourth-order valence-corrected chi connectivity index (χ4v) is 2.28. The molecule has 0 aromatic carbocycles. The minimum absolute atomic E-state index is 0.0779. The Balaban J connectivity index is 1.86. The van der Waals surface area contributed by atoms with Gasteiger partial charge in [-0.05, 0) is 32.4 Å². The number of nitrogens with one attached hydrogen (secondary N) is 2. The lowest BCUT2D eigenvalue weighted by molar-refractivity contribution is -0.121. The molecule has 0 fully saturated rings. The summed E-state index contributed by atoms with van der Waals surface area (Å²) in [5, 5.41) is 11.6. The van der Waals surface area contributed by atoms with Crippen LogP contribution in [0.15, 0.2) is 12.3 Å². The maximum absolute atomic E-state index is 11.5. The molecule has 0 aliphatic rings. The van der Waals surface area contributed by atoms with Gasteiger partial charge in [0.15, 0.2) is 5.65 Å². The van der Waals surface area contributed by atoms with Gasteiger partial charge in [-0.15, -0.1) is 0 Å². The van der Waals surface area contributed by atoms with E-state index in [1.54, 1.807) is 4.68 Å². The van der Waals surface area contributed by atoms with Gasteiger partial charge in [0.05, 0.1) is 5.69 Å². The summed E-state index contributed by atoms with van der Waals surface area (Å²) < 4.78 is 1.79. The van der Waals surface area contributed by atoms with Crippen LogP contribution in [-0.2, 0) is 18.4 Å². The number of amides is 1. The van der Waals surface area contributed by atoms with Gasteiger partial charge in [0.2, 0.25) is 5.91 Å². The lowest BCUT2D eigenvalue weighted by Crippen LogP contribution is -2.32. The van der Waals surface area contributed by atoms with Crippen molar-refractivity contribution < 1.29 is 4.79 Å². The predicted octanol–water partition coefficient (Wildman–Crippen LogP) is 1.28. The van der Waals surface area contributed by atoms with E-state index in [2.05, 4.69) is 26.8 Å². The third kappa shape index (κ3) is 4.01. The molecule has 2 rings (SSSR count). The molecule has 6 nitrogen and oxygen atoms in total. The van der Waals surface area contributed by atoms with Crippen LogP contribution in [0, 0.1) is 6.92 Å². The van der Waals surface area contributed by atoms with E-state index in [-0.39, 0.29) is 11.9 Å². The third-order valence-electron chi connectivity index (χ3n) is 3.23. The molecule has 0 spiro atoms. The molecule has 1 amide bonds. The first-order valence-corrected chi connectivity index (χ1v) is 7.25. The zero-order valence-electron chi connectivity index (χ0n) is 13.1. The minimum Gasteiger partial charge on any atom is -0.354 e. The molecule has 6 heteroatoms. The molecule has 2 aromatic rings. The van der Waals surface area contributed by atoms with E-state index in [9.17, 15) is 4.79 Å². The van der Waals surface area contributed by atoms with Gasteiger partial charge in [-0.3, -0.25) is 9.48 Å². The van der Waals surface area contributed by atoms with Crippen LogP contribution in [0.2, 0.25) is 0 Å². The summed E-state index contributed by atoms with van der Waals surface area (Å²) in [5.41, 5.74) is 2.98. The molecule has 0 atom stereocenters. The minimum atomic E-state index is 0.0779. The smallest absolute Gasteiger partial charge is 0.221 e. The SMILES string of the molecule is Cc1nn(C)c2ncc(CNCCC(=O)NC(C)C)cc12. The summed E-state index contributed by atoms with van der Waals surface area (Å²) in [5.74, 6) is 0.0779. The fourth-order valence-electron chi connectivity index (χ4n) is 2.28. The summed E-state index contributed by atoms with van der Waals surface area (Å²) >= 11 is 0. The third-order valence-corrected chi connectivity index (χ3v) is 3.23. The van der Waals surface area contributed by atoms with Gasteiger partial charge < -0.3 is 10.6 Å². The molecular weight excluding hydrogens is 266 g/mol. The molecule has 2 N–H and O–H groups in total. The molecule has 0 radical (unpaired) electrons. The van der Waals surface area contributed by atoms with Crippen molar-refractivity contribution in [2.24, 2.45) is 7.05 Å². The number of carbonyl (C=O) groups is 1. The molecule has 0 bridgehead atoms. The number of hydrogen-bond acceptors (Lipinski definition) is 4. The second-order valence-electron chi connectivity index (χ2n) is 5.57. The van der Waals surface area contributed by atoms with Gasteiger partial charge in [0, 0.05) is 44.2 Å². The van der Waals surface area contributed by atoms with Crippen molar-refractivity contribution in [1.82, 2.24) is 25.4 Å². The second-order valence-corrected chi connectivity index (χ2v) is 5.57. The Bertz CT molecular complexity index is 632. The Morgan fingerprint density at radius 2 is 2.19 bits per heavy atom. The highest BCUT2D eigenvalue weighted by Gasteiger charge is 2.07. The molecule has 0 saturated heterocycles. The van der Waals surface area contributed by atoms with Gasteiger partial charge in [0.25, 0.3) is 0 Å². The standard InChI is InChI=1S/C15H23N5O/c1-10(2)18-14(21)5-6-16-8-12-7-13-11(3)19-20(4)15(13)17-9-12/h7,9-10,16H,5-6,8H2,1-4H3,(H,18,21). The van der Waals surface area contributed by atoms with E-state index in [1.807, 2.05) is 34.0 Å². The average Bonchev–Trinajstić information content (AvgIpc) is 2.69. The monoisotopic (exact) mass is 289 g/mol. The van der Waals surface area contributed by atoms with E-state index in [4.69, 9.17) is 0 Å². The molecule has 0 unspecified atom stereocenters. The molecule has 2 heterocycles. The van der Waals surface area contributed by atoms with Crippen LogP contribution in [0.3, 0.4) is 0 Å². The van der Waals surface area contributed by atoms with Crippen molar-refractivity contribution in [2.45, 2.75) is 39.8 Å².